The first-order chi connectivity index (χ1) is 14.2. The fourth-order valence-electron chi connectivity index (χ4n) is 3.18. The number of hydrogen-bond acceptors (Lipinski definition) is 6. The Balaban J connectivity index is 0.000000257. The van der Waals surface area contributed by atoms with Gasteiger partial charge in [-0.2, -0.15) is 0 Å². The molecule has 0 amide bonds. The number of unbranched alkanes of at least 4 members (excludes halogenated alkanes) is 1. The van der Waals surface area contributed by atoms with Gasteiger partial charge in [0.05, 0.1) is 31.4 Å². The highest BCUT2D eigenvalue weighted by molar-refractivity contribution is 6.06. The normalized spacial score (nSPS) is 12.8. The van der Waals surface area contributed by atoms with Gasteiger partial charge in [0.1, 0.15) is 11.3 Å². The van der Waals surface area contributed by atoms with Crippen LogP contribution < -0.4 is 5.73 Å². The van der Waals surface area contributed by atoms with E-state index in [0.717, 1.165) is 60.2 Å². The lowest BCUT2D eigenvalue weighted by molar-refractivity contribution is -0.140. The molecule has 0 fully saturated rings. The second-order valence-electron chi connectivity index (χ2n) is 6.43. The highest BCUT2D eigenvalue weighted by atomic mass is 16.5. The number of rotatable bonds is 3. The number of carbonyl (C=O) groups excluding carboxylic acids is 1. The summed E-state index contributed by atoms with van der Waals surface area (Å²) in [5.41, 5.74) is 8.87. The summed E-state index contributed by atoms with van der Waals surface area (Å²) in [7, 11) is 1.41. The van der Waals surface area contributed by atoms with Gasteiger partial charge in [-0.05, 0) is 12.5 Å². The second kappa shape index (κ2) is 11.4. The van der Waals surface area contributed by atoms with Crippen LogP contribution >= 0.6 is 0 Å². The molecular weight excluding hydrogens is 368 g/mol. The smallest absolute Gasteiger partial charge is 0.305 e. The number of ether oxygens (including phenoxy) is 2. The maximum atomic E-state index is 10.3. The molecule has 1 aliphatic rings. The number of para-hydroxylation sites is 1. The highest BCUT2D eigenvalue weighted by Crippen LogP contribution is 2.29. The van der Waals surface area contributed by atoms with E-state index in [-0.39, 0.29) is 5.97 Å². The second-order valence-corrected chi connectivity index (χ2v) is 6.43. The zero-order valence-electron chi connectivity index (χ0n) is 17.9. The Labute approximate surface area is 172 Å². The molecule has 3 aromatic rings. The molecule has 1 aliphatic heterocycles. The van der Waals surface area contributed by atoms with Crippen LogP contribution in [-0.2, 0) is 27.2 Å². The minimum absolute atomic E-state index is 0.105. The molecule has 1 aromatic carbocycles. The molecule has 7 nitrogen and oxygen atoms in total. The quantitative estimate of drug-likeness (QED) is 0.665. The number of benzene rings is 1. The lowest BCUT2D eigenvalue weighted by Gasteiger charge is -2.07. The summed E-state index contributed by atoms with van der Waals surface area (Å²) in [5.74, 6) is 1.44. The number of carbonyl (C=O) groups is 1. The van der Waals surface area contributed by atoms with Crippen molar-refractivity contribution in [3.05, 3.63) is 30.1 Å². The fraction of sp³-hybridized carbons (Fsp3) is 0.500. The number of methoxy groups -OCH3 is 1. The summed E-state index contributed by atoms with van der Waals surface area (Å²) in [6.45, 7) is 8.30. The van der Waals surface area contributed by atoms with Crippen molar-refractivity contribution in [2.24, 2.45) is 0 Å². The molecule has 0 saturated heterocycles. The van der Waals surface area contributed by atoms with E-state index in [1.807, 2.05) is 39.0 Å². The summed E-state index contributed by atoms with van der Waals surface area (Å²) in [5, 5.41) is 1.10. The molecule has 0 atom stereocenters. The Hall–Kier alpha value is -2.67. The molecule has 2 aromatic heterocycles. The Morgan fingerprint density at radius 1 is 1.24 bits per heavy atom. The van der Waals surface area contributed by atoms with Gasteiger partial charge in [0, 0.05) is 24.8 Å². The number of anilines is 1. The topological polar surface area (TPSA) is 92.3 Å². The SMILES string of the molecule is CC.CCCCC(=O)OC.Nc1nc2ccccc2c2c1nc1n2CCOCC1. The number of fused-ring (bicyclic) bond motifs is 5. The van der Waals surface area contributed by atoms with Crippen molar-refractivity contribution < 1.29 is 14.3 Å². The van der Waals surface area contributed by atoms with E-state index in [9.17, 15) is 4.79 Å². The van der Waals surface area contributed by atoms with E-state index in [0.29, 0.717) is 18.8 Å². The first kappa shape index (κ1) is 22.6. The van der Waals surface area contributed by atoms with Crippen molar-refractivity contribution in [3.63, 3.8) is 0 Å². The average Bonchev–Trinajstić information content (AvgIpc) is 2.97. The highest BCUT2D eigenvalue weighted by Gasteiger charge is 2.18. The third-order valence-corrected chi connectivity index (χ3v) is 4.58. The molecule has 4 rings (SSSR count). The molecule has 0 spiro atoms. The van der Waals surface area contributed by atoms with Crippen LogP contribution in [0.3, 0.4) is 0 Å². The summed E-state index contributed by atoms with van der Waals surface area (Å²) >= 11 is 0. The monoisotopic (exact) mass is 400 g/mol. The summed E-state index contributed by atoms with van der Waals surface area (Å²) in [6, 6.07) is 8.05. The molecule has 29 heavy (non-hydrogen) atoms. The summed E-state index contributed by atoms with van der Waals surface area (Å²) in [6.07, 6.45) is 3.37. The average molecular weight is 401 g/mol. The molecule has 0 saturated carbocycles. The van der Waals surface area contributed by atoms with Crippen molar-refractivity contribution in [1.82, 2.24) is 14.5 Å². The standard InChI is InChI=1S/C14H14N4O.C6H12O2.C2H6/c15-14-12-13(9-3-1-2-4-10(9)16-14)18-6-8-19-7-5-11(18)17-12;1-3-4-5-6(7)8-2;1-2/h1-4H,5-8H2,(H2,15,16);3-5H2,1-2H3;1-2H3. The van der Waals surface area contributed by atoms with E-state index in [1.54, 1.807) is 0 Å². The lowest BCUT2D eigenvalue weighted by atomic mass is 10.2. The first-order valence-corrected chi connectivity index (χ1v) is 10.3. The van der Waals surface area contributed by atoms with Gasteiger partial charge in [0.2, 0.25) is 0 Å². The van der Waals surface area contributed by atoms with E-state index >= 15 is 0 Å². The zero-order valence-corrected chi connectivity index (χ0v) is 17.9. The zero-order chi connectivity index (χ0) is 21.2. The van der Waals surface area contributed by atoms with Gasteiger partial charge in [-0.15, -0.1) is 0 Å². The Bertz CT molecular complexity index is 937. The van der Waals surface area contributed by atoms with Crippen molar-refractivity contribution >= 4 is 33.7 Å². The predicted molar refractivity (Wildman–Crippen MR) is 117 cm³/mol. The largest absolute Gasteiger partial charge is 0.469 e. The number of imidazole rings is 1. The van der Waals surface area contributed by atoms with Gasteiger partial charge < -0.3 is 19.8 Å². The van der Waals surface area contributed by atoms with Crippen molar-refractivity contribution in [2.45, 2.75) is 53.0 Å². The molecule has 0 unspecified atom stereocenters. The number of aromatic nitrogens is 3. The maximum Gasteiger partial charge on any atom is 0.305 e. The van der Waals surface area contributed by atoms with Crippen LogP contribution in [0, 0.1) is 0 Å². The maximum absolute atomic E-state index is 10.3. The molecule has 7 heteroatoms. The van der Waals surface area contributed by atoms with E-state index in [1.165, 1.54) is 7.11 Å². The van der Waals surface area contributed by atoms with Crippen LogP contribution in [0.15, 0.2) is 24.3 Å². The molecule has 0 aliphatic carbocycles. The van der Waals surface area contributed by atoms with Crippen LogP contribution in [0.2, 0.25) is 0 Å². The number of nitrogens with zero attached hydrogens (tertiary/aromatic N) is 3. The van der Waals surface area contributed by atoms with Crippen LogP contribution in [0.1, 0.15) is 45.9 Å². The Morgan fingerprint density at radius 2 is 2.00 bits per heavy atom. The Morgan fingerprint density at radius 3 is 2.72 bits per heavy atom. The Kier molecular flexibility index (Phi) is 8.86. The number of nitrogens with two attached hydrogens (primary N) is 1. The van der Waals surface area contributed by atoms with Gasteiger partial charge in [0.25, 0.3) is 0 Å². The molecule has 2 N–H and O–H groups in total. The van der Waals surface area contributed by atoms with Gasteiger partial charge in [0.15, 0.2) is 5.82 Å². The fourth-order valence-corrected chi connectivity index (χ4v) is 3.18. The molecule has 3 heterocycles. The van der Waals surface area contributed by atoms with E-state index in [2.05, 4.69) is 25.3 Å². The number of esters is 1. The molecule has 0 bridgehead atoms. The van der Waals surface area contributed by atoms with Gasteiger partial charge >= 0.3 is 5.97 Å². The van der Waals surface area contributed by atoms with E-state index < -0.39 is 0 Å². The van der Waals surface area contributed by atoms with Gasteiger partial charge in [-0.3, -0.25) is 4.79 Å². The first-order valence-electron chi connectivity index (χ1n) is 10.3. The number of pyridine rings is 1. The summed E-state index contributed by atoms with van der Waals surface area (Å²) in [4.78, 5) is 19.4. The van der Waals surface area contributed by atoms with Gasteiger partial charge in [-0.25, -0.2) is 9.97 Å². The van der Waals surface area contributed by atoms with Crippen LogP contribution in [0.5, 0.6) is 0 Å². The van der Waals surface area contributed by atoms with Crippen LogP contribution in [-0.4, -0.2) is 40.8 Å². The van der Waals surface area contributed by atoms with Crippen molar-refractivity contribution in [1.29, 1.82) is 0 Å². The summed E-state index contributed by atoms with van der Waals surface area (Å²) < 4.78 is 12.2. The third kappa shape index (κ3) is 5.44. The minimum Gasteiger partial charge on any atom is -0.469 e. The van der Waals surface area contributed by atoms with Crippen LogP contribution in [0.4, 0.5) is 5.82 Å². The van der Waals surface area contributed by atoms with Gasteiger partial charge in [-0.1, -0.05) is 45.4 Å². The molecule has 158 valence electrons. The van der Waals surface area contributed by atoms with Crippen molar-refractivity contribution in [3.8, 4) is 0 Å². The predicted octanol–water partition coefficient (Wildman–Crippen LogP) is 4.12. The molecular formula is C22H32N4O3. The van der Waals surface area contributed by atoms with Crippen LogP contribution in [0.25, 0.3) is 21.9 Å². The van der Waals surface area contributed by atoms with Crippen molar-refractivity contribution in [2.75, 3.05) is 26.1 Å². The van der Waals surface area contributed by atoms with E-state index in [4.69, 9.17) is 10.5 Å². The minimum atomic E-state index is -0.105. The third-order valence-electron chi connectivity index (χ3n) is 4.58. The number of hydrogen-bond donors (Lipinski definition) is 1. The molecule has 0 radical (unpaired) electrons. The lowest BCUT2D eigenvalue weighted by Crippen LogP contribution is -2.04. The number of nitrogen functional groups attached to an aromatic ring is 1.